The van der Waals surface area contributed by atoms with E-state index in [9.17, 15) is 4.79 Å². The minimum Gasteiger partial charge on any atom is -0.478 e. The van der Waals surface area contributed by atoms with E-state index in [2.05, 4.69) is 18.2 Å². The number of nitrogens with zero attached hydrogens (tertiary/aromatic N) is 2. The van der Waals surface area contributed by atoms with E-state index >= 15 is 0 Å². The molecule has 1 N–H and O–H groups in total. The van der Waals surface area contributed by atoms with E-state index in [0.29, 0.717) is 23.2 Å². The number of anilines is 1. The number of benzene rings is 1. The minimum atomic E-state index is -0.966. The van der Waals surface area contributed by atoms with Gasteiger partial charge < -0.3 is 14.4 Å². The molecule has 1 aromatic heterocycles. The Balaban J connectivity index is 2.33. The second-order valence-corrected chi connectivity index (χ2v) is 5.52. The number of aromatic nitrogens is 1. The zero-order chi connectivity index (χ0) is 14.7. The number of carboxylic acid groups (broad SMARTS) is 1. The van der Waals surface area contributed by atoms with E-state index in [1.165, 1.54) is 12.1 Å². The number of rotatable bonds is 6. The SMILES string of the molecule is CCC(CSC)N(C)c1nc2ccc(C(=O)O)cc2o1. The number of aromatic carboxylic acids is 1. The highest BCUT2D eigenvalue weighted by Gasteiger charge is 2.18. The van der Waals surface area contributed by atoms with Crippen molar-refractivity contribution in [3.8, 4) is 0 Å². The van der Waals surface area contributed by atoms with Crippen LogP contribution in [0.2, 0.25) is 0 Å². The van der Waals surface area contributed by atoms with E-state index in [1.54, 1.807) is 17.8 Å². The van der Waals surface area contributed by atoms with Crippen LogP contribution in [0.4, 0.5) is 6.01 Å². The van der Waals surface area contributed by atoms with Crippen molar-refractivity contribution in [2.45, 2.75) is 19.4 Å². The summed E-state index contributed by atoms with van der Waals surface area (Å²) in [7, 11) is 1.95. The second-order valence-electron chi connectivity index (χ2n) is 4.61. The van der Waals surface area contributed by atoms with Crippen molar-refractivity contribution in [2.75, 3.05) is 24.0 Å². The normalized spacial score (nSPS) is 12.6. The molecule has 0 radical (unpaired) electrons. The molecule has 20 heavy (non-hydrogen) atoms. The minimum absolute atomic E-state index is 0.207. The highest BCUT2D eigenvalue weighted by molar-refractivity contribution is 7.98. The number of hydrogen-bond acceptors (Lipinski definition) is 5. The average molecular weight is 294 g/mol. The molecule has 0 fully saturated rings. The van der Waals surface area contributed by atoms with E-state index in [-0.39, 0.29) is 5.56 Å². The van der Waals surface area contributed by atoms with Crippen LogP contribution in [-0.2, 0) is 0 Å². The van der Waals surface area contributed by atoms with Crippen LogP contribution in [0, 0.1) is 0 Å². The predicted molar refractivity (Wildman–Crippen MR) is 81.8 cm³/mol. The van der Waals surface area contributed by atoms with Gasteiger partial charge in [0.25, 0.3) is 6.01 Å². The van der Waals surface area contributed by atoms with Gasteiger partial charge in [-0.15, -0.1) is 0 Å². The average Bonchev–Trinajstić information content (AvgIpc) is 2.86. The van der Waals surface area contributed by atoms with Gasteiger partial charge in [0.2, 0.25) is 0 Å². The molecular weight excluding hydrogens is 276 g/mol. The number of carbonyl (C=O) groups is 1. The van der Waals surface area contributed by atoms with Crippen LogP contribution < -0.4 is 4.90 Å². The maximum absolute atomic E-state index is 10.9. The van der Waals surface area contributed by atoms with Crippen LogP contribution in [0.1, 0.15) is 23.7 Å². The highest BCUT2D eigenvalue weighted by Crippen LogP contribution is 2.24. The van der Waals surface area contributed by atoms with E-state index in [4.69, 9.17) is 9.52 Å². The molecule has 1 atom stereocenters. The fraction of sp³-hybridized carbons (Fsp3) is 0.429. The molecule has 0 aliphatic carbocycles. The Kier molecular flexibility index (Phi) is 4.54. The molecule has 0 aliphatic rings. The fourth-order valence-electron chi connectivity index (χ4n) is 2.05. The molecule has 1 heterocycles. The Morgan fingerprint density at radius 2 is 2.30 bits per heavy atom. The van der Waals surface area contributed by atoms with Gasteiger partial charge in [-0.25, -0.2) is 4.79 Å². The van der Waals surface area contributed by atoms with Gasteiger partial charge >= 0.3 is 5.97 Å². The molecule has 6 heteroatoms. The summed E-state index contributed by atoms with van der Waals surface area (Å²) in [5.74, 6) is 0.0264. The summed E-state index contributed by atoms with van der Waals surface area (Å²) in [4.78, 5) is 17.4. The molecular formula is C14H18N2O3S. The first-order chi connectivity index (χ1) is 9.56. The van der Waals surface area contributed by atoms with Crippen molar-refractivity contribution in [1.29, 1.82) is 0 Å². The van der Waals surface area contributed by atoms with Gasteiger partial charge in [-0.05, 0) is 30.9 Å². The number of thioether (sulfide) groups is 1. The zero-order valence-electron chi connectivity index (χ0n) is 11.8. The van der Waals surface area contributed by atoms with Gasteiger partial charge in [-0.3, -0.25) is 0 Å². The number of carboxylic acids is 1. The first-order valence-electron chi connectivity index (χ1n) is 6.42. The molecule has 1 unspecified atom stereocenters. The summed E-state index contributed by atoms with van der Waals surface area (Å²) >= 11 is 1.78. The van der Waals surface area contributed by atoms with Crippen molar-refractivity contribution >= 4 is 34.8 Å². The summed E-state index contributed by atoms with van der Waals surface area (Å²) in [5.41, 5.74) is 1.39. The van der Waals surface area contributed by atoms with Crippen molar-refractivity contribution in [1.82, 2.24) is 4.98 Å². The molecule has 0 saturated carbocycles. The third-order valence-corrected chi connectivity index (χ3v) is 4.02. The fourth-order valence-corrected chi connectivity index (χ4v) is 2.89. The third kappa shape index (κ3) is 2.90. The van der Waals surface area contributed by atoms with Crippen molar-refractivity contribution in [2.24, 2.45) is 0 Å². The van der Waals surface area contributed by atoms with Gasteiger partial charge in [0.15, 0.2) is 5.58 Å². The van der Waals surface area contributed by atoms with Gasteiger partial charge in [0.1, 0.15) is 5.52 Å². The Bertz CT molecular complexity index is 611. The van der Waals surface area contributed by atoms with E-state index < -0.39 is 5.97 Å². The van der Waals surface area contributed by atoms with E-state index in [0.717, 1.165) is 12.2 Å². The van der Waals surface area contributed by atoms with E-state index in [1.807, 2.05) is 11.9 Å². The maximum atomic E-state index is 10.9. The van der Waals surface area contributed by atoms with Crippen LogP contribution in [-0.4, -0.2) is 41.2 Å². The number of hydrogen-bond donors (Lipinski definition) is 1. The molecule has 1 aromatic carbocycles. The van der Waals surface area contributed by atoms with Crippen LogP contribution in [0.15, 0.2) is 22.6 Å². The summed E-state index contributed by atoms with van der Waals surface area (Å²) < 4.78 is 5.69. The van der Waals surface area contributed by atoms with Crippen LogP contribution in [0.3, 0.4) is 0 Å². The molecule has 0 bridgehead atoms. The van der Waals surface area contributed by atoms with Crippen LogP contribution in [0.25, 0.3) is 11.1 Å². The summed E-state index contributed by atoms with van der Waals surface area (Å²) in [6.07, 6.45) is 3.07. The first kappa shape index (κ1) is 14.7. The lowest BCUT2D eigenvalue weighted by atomic mass is 10.2. The monoisotopic (exact) mass is 294 g/mol. The molecule has 0 saturated heterocycles. The maximum Gasteiger partial charge on any atom is 0.335 e. The summed E-state index contributed by atoms with van der Waals surface area (Å²) in [6, 6.07) is 5.60. The number of oxazole rings is 1. The smallest absolute Gasteiger partial charge is 0.335 e. The van der Waals surface area contributed by atoms with Gasteiger partial charge in [0.05, 0.1) is 5.56 Å². The standard InChI is InChI=1S/C14H18N2O3S/c1-4-10(8-20-3)16(2)14-15-11-6-5-9(13(17)18)7-12(11)19-14/h5-7,10H,4,8H2,1-3H3,(H,17,18). The molecule has 0 aliphatic heterocycles. The predicted octanol–water partition coefficient (Wildman–Crippen LogP) is 3.10. The van der Waals surface area contributed by atoms with Gasteiger partial charge in [0, 0.05) is 18.8 Å². The summed E-state index contributed by atoms with van der Waals surface area (Å²) in [6.45, 7) is 2.13. The van der Waals surface area contributed by atoms with Crippen molar-refractivity contribution in [3.63, 3.8) is 0 Å². The van der Waals surface area contributed by atoms with Crippen molar-refractivity contribution < 1.29 is 14.3 Å². The Morgan fingerprint density at radius 1 is 1.55 bits per heavy atom. The second kappa shape index (κ2) is 6.17. The quantitative estimate of drug-likeness (QED) is 0.883. The molecule has 2 aromatic rings. The van der Waals surface area contributed by atoms with Crippen LogP contribution in [0.5, 0.6) is 0 Å². The van der Waals surface area contributed by atoms with Crippen molar-refractivity contribution in [3.05, 3.63) is 23.8 Å². The molecule has 5 nitrogen and oxygen atoms in total. The lowest BCUT2D eigenvalue weighted by Gasteiger charge is -2.24. The van der Waals surface area contributed by atoms with Crippen LogP contribution >= 0.6 is 11.8 Å². The Hall–Kier alpha value is -1.69. The van der Waals surface area contributed by atoms with Gasteiger partial charge in [-0.1, -0.05) is 6.92 Å². The Labute approximate surface area is 122 Å². The zero-order valence-corrected chi connectivity index (χ0v) is 12.6. The lowest BCUT2D eigenvalue weighted by molar-refractivity contribution is 0.0697. The first-order valence-corrected chi connectivity index (χ1v) is 7.81. The highest BCUT2D eigenvalue weighted by atomic mass is 32.2. The molecule has 0 spiro atoms. The lowest BCUT2D eigenvalue weighted by Crippen LogP contribution is -2.33. The largest absolute Gasteiger partial charge is 0.478 e. The molecule has 0 amide bonds. The molecule has 108 valence electrons. The molecule has 2 rings (SSSR count). The third-order valence-electron chi connectivity index (χ3n) is 3.30. The number of fused-ring (bicyclic) bond motifs is 1. The topological polar surface area (TPSA) is 66.6 Å². The summed E-state index contributed by atoms with van der Waals surface area (Å²) in [5, 5.41) is 8.98. The Morgan fingerprint density at radius 3 is 2.90 bits per heavy atom. The van der Waals surface area contributed by atoms with Gasteiger partial charge in [-0.2, -0.15) is 16.7 Å².